The van der Waals surface area contributed by atoms with Gasteiger partial charge in [0, 0.05) is 31.5 Å². The van der Waals surface area contributed by atoms with Crippen LogP contribution in [-0.2, 0) is 6.42 Å². The summed E-state index contributed by atoms with van der Waals surface area (Å²) in [5, 5.41) is 0. The molecule has 0 atom stereocenters. The predicted octanol–water partition coefficient (Wildman–Crippen LogP) is 3.66. The number of nitrogens with zero attached hydrogens (tertiary/aromatic N) is 3. The van der Waals surface area contributed by atoms with Gasteiger partial charge >= 0.3 is 0 Å². The normalized spacial score (nSPS) is 17.5. The maximum absolute atomic E-state index is 13.0. The fourth-order valence-electron chi connectivity index (χ4n) is 3.75. The molecule has 1 saturated heterocycles. The van der Waals surface area contributed by atoms with Crippen molar-refractivity contribution < 1.29 is 4.79 Å². The zero-order valence-corrected chi connectivity index (χ0v) is 13.9. The molecule has 2 aliphatic heterocycles. The topological polar surface area (TPSA) is 36.4 Å². The van der Waals surface area contributed by atoms with E-state index >= 15 is 0 Å². The van der Waals surface area contributed by atoms with Gasteiger partial charge in [-0.1, -0.05) is 31.0 Å². The quantitative estimate of drug-likeness (QED) is 0.847. The lowest BCUT2D eigenvalue weighted by Gasteiger charge is -2.23. The van der Waals surface area contributed by atoms with Gasteiger partial charge in [0.2, 0.25) is 0 Å². The summed E-state index contributed by atoms with van der Waals surface area (Å²) in [6.45, 7) is 2.88. The maximum atomic E-state index is 13.0. The second-order valence-electron chi connectivity index (χ2n) is 6.67. The Morgan fingerprint density at radius 2 is 1.75 bits per heavy atom. The molecule has 0 aliphatic carbocycles. The molecule has 0 unspecified atom stereocenters. The van der Waals surface area contributed by atoms with Crippen LogP contribution in [0.3, 0.4) is 0 Å². The van der Waals surface area contributed by atoms with Crippen LogP contribution in [0.25, 0.3) is 0 Å². The smallest absolute Gasteiger partial charge is 0.259 e. The molecule has 0 N–H and O–H groups in total. The molecule has 2 aromatic rings. The van der Waals surface area contributed by atoms with E-state index in [0.29, 0.717) is 5.56 Å². The molecule has 1 aromatic carbocycles. The SMILES string of the molecule is O=C(c1cncc(N2CCCCCC2)c1)N1CCc2ccccc21. The van der Waals surface area contributed by atoms with Crippen LogP contribution in [0, 0.1) is 0 Å². The minimum absolute atomic E-state index is 0.0594. The minimum atomic E-state index is 0.0594. The van der Waals surface area contributed by atoms with Gasteiger partial charge in [-0.25, -0.2) is 0 Å². The zero-order valence-electron chi connectivity index (χ0n) is 13.9. The van der Waals surface area contributed by atoms with E-state index in [4.69, 9.17) is 0 Å². The van der Waals surface area contributed by atoms with Crippen molar-refractivity contribution in [3.05, 3.63) is 53.9 Å². The molecule has 124 valence electrons. The second kappa shape index (κ2) is 6.63. The molecule has 2 aliphatic rings. The van der Waals surface area contributed by atoms with E-state index in [2.05, 4.69) is 16.0 Å². The van der Waals surface area contributed by atoms with Gasteiger partial charge in [-0.2, -0.15) is 0 Å². The highest BCUT2D eigenvalue weighted by Crippen LogP contribution is 2.29. The van der Waals surface area contributed by atoms with Gasteiger partial charge in [-0.15, -0.1) is 0 Å². The number of anilines is 2. The van der Waals surface area contributed by atoms with E-state index in [1.807, 2.05) is 35.4 Å². The molecule has 4 rings (SSSR count). The van der Waals surface area contributed by atoms with Gasteiger partial charge in [-0.05, 0) is 37.0 Å². The Morgan fingerprint density at radius 1 is 0.958 bits per heavy atom. The number of aromatic nitrogens is 1. The van der Waals surface area contributed by atoms with Crippen molar-refractivity contribution in [2.45, 2.75) is 32.1 Å². The van der Waals surface area contributed by atoms with Crippen LogP contribution in [0.15, 0.2) is 42.7 Å². The molecule has 0 saturated carbocycles. The fourth-order valence-corrected chi connectivity index (χ4v) is 3.75. The number of benzene rings is 1. The molecule has 0 radical (unpaired) electrons. The molecule has 4 nitrogen and oxygen atoms in total. The Morgan fingerprint density at radius 3 is 2.58 bits per heavy atom. The molecular formula is C20H23N3O. The first-order valence-corrected chi connectivity index (χ1v) is 8.93. The van der Waals surface area contributed by atoms with Gasteiger partial charge in [0.25, 0.3) is 5.91 Å². The molecular weight excluding hydrogens is 298 g/mol. The minimum Gasteiger partial charge on any atom is -0.370 e. The van der Waals surface area contributed by atoms with E-state index in [1.54, 1.807) is 6.20 Å². The Balaban J connectivity index is 1.58. The second-order valence-corrected chi connectivity index (χ2v) is 6.67. The van der Waals surface area contributed by atoms with E-state index in [1.165, 1.54) is 31.2 Å². The average Bonchev–Trinajstić information content (AvgIpc) is 2.87. The third kappa shape index (κ3) is 2.88. The van der Waals surface area contributed by atoms with Crippen molar-refractivity contribution >= 4 is 17.3 Å². The van der Waals surface area contributed by atoms with Crippen LogP contribution in [-0.4, -0.2) is 30.5 Å². The zero-order chi connectivity index (χ0) is 16.4. The lowest BCUT2D eigenvalue weighted by Crippen LogP contribution is -2.29. The molecule has 0 spiro atoms. The highest BCUT2D eigenvalue weighted by atomic mass is 16.2. The largest absolute Gasteiger partial charge is 0.370 e. The van der Waals surface area contributed by atoms with E-state index in [9.17, 15) is 4.79 Å². The summed E-state index contributed by atoms with van der Waals surface area (Å²) >= 11 is 0. The van der Waals surface area contributed by atoms with Gasteiger partial charge in [-0.3, -0.25) is 9.78 Å². The highest BCUT2D eigenvalue weighted by molar-refractivity contribution is 6.07. The lowest BCUT2D eigenvalue weighted by atomic mass is 10.1. The number of carbonyl (C=O) groups excluding carboxylic acids is 1. The highest BCUT2D eigenvalue weighted by Gasteiger charge is 2.25. The number of rotatable bonds is 2. The third-order valence-corrected chi connectivity index (χ3v) is 5.07. The van der Waals surface area contributed by atoms with Crippen molar-refractivity contribution in [3.8, 4) is 0 Å². The summed E-state index contributed by atoms with van der Waals surface area (Å²) in [7, 11) is 0. The van der Waals surface area contributed by atoms with Crippen LogP contribution in [0.5, 0.6) is 0 Å². The molecule has 3 heterocycles. The maximum Gasteiger partial charge on any atom is 0.259 e. The predicted molar refractivity (Wildman–Crippen MR) is 96.7 cm³/mol. The number of pyridine rings is 1. The van der Waals surface area contributed by atoms with Crippen LogP contribution in [0.2, 0.25) is 0 Å². The van der Waals surface area contributed by atoms with E-state index < -0.39 is 0 Å². The van der Waals surface area contributed by atoms with Crippen molar-refractivity contribution in [1.29, 1.82) is 0 Å². The fraction of sp³-hybridized carbons (Fsp3) is 0.400. The molecule has 4 heteroatoms. The summed E-state index contributed by atoms with van der Waals surface area (Å²) in [4.78, 5) is 21.6. The monoisotopic (exact) mass is 321 g/mol. The average molecular weight is 321 g/mol. The standard InChI is InChI=1S/C20H23N3O/c24-20(23-12-9-16-7-3-4-8-19(16)23)17-13-18(15-21-14-17)22-10-5-1-2-6-11-22/h3-4,7-8,13-15H,1-2,5-6,9-12H2. The number of para-hydroxylation sites is 1. The Labute approximate surface area is 143 Å². The molecule has 1 fully saturated rings. The van der Waals surface area contributed by atoms with Crippen LogP contribution in [0.1, 0.15) is 41.6 Å². The third-order valence-electron chi connectivity index (χ3n) is 5.07. The first-order valence-electron chi connectivity index (χ1n) is 8.93. The Hall–Kier alpha value is -2.36. The Bertz CT molecular complexity index is 735. The van der Waals surface area contributed by atoms with E-state index in [-0.39, 0.29) is 5.91 Å². The molecule has 0 bridgehead atoms. The number of hydrogen-bond acceptors (Lipinski definition) is 3. The summed E-state index contributed by atoms with van der Waals surface area (Å²) < 4.78 is 0. The first kappa shape index (κ1) is 15.2. The summed E-state index contributed by atoms with van der Waals surface area (Å²) in [6.07, 6.45) is 9.56. The van der Waals surface area contributed by atoms with Crippen LogP contribution < -0.4 is 9.80 Å². The van der Waals surface area contributed by atoms with Gasteiger partial charge in [0.05, 0.1) is 17.4 Å². The summed E-state index contributed by atoms with van der Waals surface area (Å²) in [5.74, 6) is 0.0594. The molecule has 1 amide bonds. The lowest BCUT2D eigenvalue weighted by molar-refractivity contribution is 0.0989. The van der Waals surface area contributed by atoms with Crippen molar-refractivity contribution in [1.82, 2.24) is 4.98 Å². The number of fused-ring (bicyclic) bond motifs is 1. The molecule has 24 heavy (non-hydrogen) atoms. The van der Waals surface area contributed by atoms with Gasteiger partial charge in [0.1, 0.15) is 0 Å². The van der Waals surface area contributed by atoms with Gasteiger partial charge < -0.3 is 9.80 Å². The summed E-state index contributed by atoms with van der Waals surface area (Å²) in [5.41, 5.74) is 4.06. The van der Waals surface area contributed by atoms with Crippen LogP contribution >= 0.6 is 0 Å². The van der Waals surface area contributed by atoms with Crippen molar-refractivity contribution in [2.75, 3.05) is 29.4 Å². The summed E-state index contributed by atoms with van der Waals surface area (Å²) in [6, 6.07) is 10.2. The van der Waals surface area contributed by atoms with Crippen molar-refractivity contribution in [2.24, 2.45) is 0 Å². The number of amides is 1. The Kier molecular flexibility index (Phi) is 4.20. The number of carbonyl (C=O) groups is 1. The van der Waals surface area contributed by atoms with Crippen LogP contribution in [0.4, 0.5) is 11.4 Å². The number of hydrogen-bond donors (Lipinski definition) is 0. The van der Waals surface area contributed by atoms with Crippen molar-refractivity contribution in [3.63, 3.8) is 0 Å². The first-order chi connectivity index (χ1) is 11.8. The van der Waals surface area contributed by atoms with E-state index in [0.717, 1.165) is 37.4 Å². The molecule has 1 aromatic heterocycles. The van der Waals surface area contributed by atoms with Gasteiger partial charge in [0.15, 0.2) is 0 Å².